The fourth-order valence-corrected chi connectivity index (χ4v) is 5.12. The number of hydrogen-bond donors (Lipinski definition) is 2. The van der Waals surface area contributed by atoms with E-state index in [4.69, 9.17) is 5.84 Å². The standard InChI is InChI=1S/C22H29N7O2/c1-26-14-19(11-24-26)27-12-16-8-18(9-20-22(16)17(10-25-27)13-28(20)31)29(23)21(30)7-15-5-3-2-4-6-15/h8-11,14-15,17,28H,2-7,12-13,23H2,1H3. The molecular formula is C22H29N7O2. The van der Waals surface area contributed by atoms with Crippen LogP contribution in [0.25, 0.3) is 0 Å². The molecule has 31 heavy (non-hydrogen) atoms. The molecule has 1 saturated carbocycles. The van der Waals surface area contributed by atoms with Gasteiger partial charge in [-0.25, -0.2) is 10.9 Å². The third-order valence-electron chi connectivity index (χ3n) is 6.76. The molecule has 1 aliphatic carbocycles. The largest absolute Gasteiger partial charge is 0.629 e. The second-order valence-electron chi connectivity index (χ2n) is 8.97. The zero-order valence-electron chi connectivity index (χ0n) is 17.8. The molecule has 0 saturated heterocycles. The van der Waals surface area contributed by atoms with E-state index in [0.717, 1.165) is 29.7 Å². The average Bonchev–Trinajstić information content (AvgIpc) is 3.28. The maximum atomic E-state index is 12.9. The van der Waals surface area contributed by atoms with E-state index in [9.17, 15) is 10.0 Å². The predicted molar refractivity (Wildman–Crippen MR) is 119 cm³/mol. The lowest BCUT2D eigenvalue weighted by atomic mass is 9.87. The summed E-state index contributed by atoms with van der Waals surface area (Å²) in [6, 6.07) is 3.73. The number of hydrazone groups is 1. The van der Waals surface area contributed by atoms with Gasteiger partial charge < -0.3 is 10.3 Å². The number of anilines is 2. The number of quaternary nitrogens is 1. The molecule has 9 heteroatoms. The number of nitrogens with one attached hydrogen (secondary N) is 1. The molecule has 9 nitrogen and oxygen atoms in total. The number of rotatable bonds is 4. The van der Waals surface area contributed by atoms with Crippen LogP contribution in [0.2, 0.25) is 0 Å². The average molecular weight is 424 g/mol. The summed E-state index contributed by atoms with van der Waals surface area (Å²) in [6.45, 7) is 0.892. The number of hydrazine groups is 1. The van der Waals surface area contributed by atoms with Crippen LogP contribution in [0.1, 0.15) is 55.6 Å². The first-order chi connectivity index (χ1) is 15.0. The van der Waals surface area contributed by atoms with E-state index in [2.05, 4.69) is 10.2 Å². The number of amides is 1. The normalized spacial score (nSPS) is 23.0. The summed E-state index contributed by atoms with van der Waals surface area (Å²) in [7, 11) is 1.87. The Hall–Kier alpha value is -2.75. The van der Waals surface area contributed by atoms with E-state index < -0.39 is 0 Å². The van der Waals surface area contributed by atoms with Crippen LogP contribution in [-0.2, 0) is 18.4 Å². The third kappa shape index (κ3) is 3.84. The van der Waals surface area contributed by atoms with Crippen molar-refractivity contribution < 1.29 is 9.86 Å². The van der Waals surface area contributed by atoms with Crippen molar-refractivity contribution in [3.8, 4) is 0 Å². The van der Waals surface area contributed by atoms with Gasteiger partial charge in [0.05, 0.1) is 36.6 Å². The molecule has 0 spiro atoms. The molecule has 0 bridgehead atoms. The molecule has 1 aromatic carbocycles. The highest BCUT2D eigenvalue weighted by Gasteiger charge is 2.35. The van der Waals surface area contributed by atoms with E-state index in [1.165, 1.54) is 24.3 Å². The first-order valence-corrected chi connectivity index (χ1v) is 11.1. The number of hydrogen-bond acceptors (Lipinski definition) is 6. The highest BCUT2D eigenvalue weighted by molar-refractivity contribution is 5.93. The summed E-state index contributed by atoms with van der Waals surface area (Å²) < 4.78 is 1.73. The molecule has 3 aliphatic rings. The highest BCUT2D eigenvalue weighted by atomic mass is 16.5. The van der Waals surface area contributed by atoms with Crippen molar-refractivity contribution in [2.24, 2.45) is 23.9 Å². The minimum Gasteiger partial charge on any atom is -0.629 e. The molecule has 2 atom stereocenters. The van der Waals surface area contributed by atoms with Crippen molar-refractivity contribution in [1.29, 1.82) is 0 Å². The van der Waals surface area contributed by atoms with Crippen LogP contribution in [0.15, 0.2) is 29.6 Å². The molecule has 164 valence electrons. The Kier molecular flexibility index (Phi) is 5.25. The fraction of sp³-hybridized carbons (Fsp3) is 0.500. The predicted octanol–water partition coefficient (Wildman–Crippen LogP) is 1.71. The fourth-order valence-electron chi connectivity index (χ4n) is 5.12. The van der Waals surface area contributed by atoms with Crippen LogP contribution in [-0.4, -0.2) is 28.4 Å². The maximum absolute atomic E-state index is 12.9. The van der Waals surface area contributed by atoms with Gasteiger partial charge in [0.15, 0.2) is 0 Å². The number of hydroxylamine groups is 1. The van der Waals surface area contributed by atoms with E-state index in [1.807, 2.05) is 30.5 Å². The number of aromatic nitrogens is 2. The molecule has 3 heterocycles. The lowest BCUT2D eigenvalue weighted by Crippen LogP contribution is -3.00. The van der Waals surface area contributed by atoms with E-state index in [1.54, 1.807) is 16.9 Å². The minimum absolute atomic E-state index is 0.0441. The van der Waals surface area contributed by atoms with Gasteiger partial charge in [-0.05, 0) is 30.4 Å². The number of aryl methyl sites for hydroxylation is 1. The van der Waals surface area contributed by atoms with Crippen LogP contribution in [0.5, 0.6) is 0 Å². The number of nitrogens with zero attached hydrogens (tertiary/aromatic N) is 5. The quantitative estimate of drug-likeness (QED) is 0.337. The summed E-state index contributed by atoms with van der Waals surface area (Å²) in [5.74, 6) is 6.55. The van der Waals surface area contributed by atoms with Crippen LogP contribution >= 0.6 is 0 Å². The number of carbonyl (C=O) groups is 1. The van der Waals surface area contributed by atoms with Gasteiger partial charge in [-0.15, -0.1) is 0 Å². The molecule has 1 fully saturated rings. The number of benzene rings is 1. The summed E-state index contributed by atoms with van der Waals surface area (Å²) in [5.41, 5.74) is 4.11. The van der Waals surface area contributed by atoms with Crippen molar-refractivity contribution in [1.82, 2.24) is 9.78 Å². The first-order valence-electron chi connectivity index (χ1n) is 11.1. The smallest absolute Gasteiger partial charge is 0.241 e. The Morgan fingerprint density at radius 3 is 2.87 bits per heavy atom. The van der Waals surface area contributed by atoms with Gasteiger partial charge in [0.1, 0.15) is 5.69 Å². The third-order valence-corrected chi connectivity index (χ3v) is 6.76. The first kappa shape index (κ1) is 20.2. The number of nitrogens with two attached hydrogens (primary N) is 1. The molecule has 2 aliphatic heterocycles. The van der Waals surface area contributed by atoms with Gasteiger partial charge >= 0.3 is 0 Å². The lowest BCUT2D eigenvalue weighted by Gasteiger charge is -2.25. The maximum Gasteiger partial charge on any atom is 0.241 e. The lowest BCUT2D eigenvalue weighted by molar-refractivity contribution is -0.769. The van der Waals surface area contributed by atoms with Crippen molar-refractivity contribution in [3.63, 3.8) is 0 Å². The minimum atomic E-state index is -0.0879. The highest BCUT2D eigenvalue weighted by Crippen LogP contribution is 2.37. The Bertz CT molecular complexity index is 1010. The van der Waals surface area contributed by atoms with Crippen LogP contribution < -0.4 is 20.9 Å². The Morgan fingerprint density at radius 1 is 1.32 bits per heavy atom. The summed E-state index contributed by atoms with van der Waals surface area (Å²) >= 11 is 0. The van der Waals surface area contributed by atoms with Crippen LogP contribution in [0, 0.1) is 11.1 Å². The summed E-state index contributed by atoms with van der Waals surface area (Å²) in [5, 5.41) is 24.8. The van der Waals surface area contributed by atoms with Crippen molar-refractivity contribution in [2.45, 2.75) is 51.0 Å². The van der Waals surface area contributed by atoms with Gasteiger partial charge in [0.2, 0.25) is 5.91 Å². The zero-order chi connectivity index (χ0) is 21.5. The Morgan fingerprint density at radius 2 is 2.13 bits per heavy atom. The van der Waals surface area contributed by atoms with Gasteiger partial charge in [0.25, 0.3) is 0 Å². The van der Waals surface area contributed by atoms with Crippen molar-refractivity contribution in [2.75, 3.05) is 16.6 Å². The molecule has 0 radical (unpaired) electrons. The van der Waals surface area contributed by atoms with Crippen molar-refractivity contribution >= 4 is 29.2 Å². The number of carbonyl (C=O) groups excluding carboxylic acids is 1. The molecule has 2 unspecified atom stereocenters. The second kappa shape index (κ2) is 8.07. The zero-order valence-corrected chi connectivity index (χ0v) is 17.8. The molecule has 2 aromatic rings. The molecular weight excluding hydrogens is 394 g/mol. The summed E-state index contributed by atoms with van der Waals surface area (Å²) in [6.07, 6.45) is 11.8. The Labute approximate surface area is 181 Å². The summed E-state index contributed by atoms with van der Waals surface area (Å²) in [4.78, 5) is 12.9. The Balaban J connectivity index is 1.44. The molecule has 5 rings (SSSR count). The second-order valence-corrected chi connectivity index (χ2v) is 8.97. The van der Waals surface area contributed by atoms with Crippen molar-refractivity contribution in [3.05, 3.63) is 40.9 Å². The van der Waals surface area contributed by atoms with E-state index >= 15 is 0 Å². The van der Waals surface area contributed by atoms with E-state index in [-0.39, 0.29) is 16.9 Å². The van der Waals surface area contributed by atoms with E-state index in [0.29, 0.717) is 36.8 Å². The van der Waals surface area contributed by atoms with Gasteiger partial charge in [-0.2, -0.15) is 10.2 Å². The van der Waals surface area contributed by atoms with Gasteiger partial charge in [0, 0.05) is 37.5 Å². The van der Waals surface area contributed by atoms with Crippen LogP contribution in [0.4, 0.5) is 17.1 Å². The molecule has 3 N–H and O–H groups in total. The molecule has 1 amide bonds. The van der Waals surface area contributed by atoms with Gasteiger partial charge in [-0.1, -0.05) is 19.3 Å². The topological polar surface area (TPSA) is 107 Å². The van der Waals surface area contributed by atoms with Crippen LogP contribution in [0.3, 0.4) is 0 Å². The molecule has 1 aromatic heterocycles. The van der Waals surface area contributed by atoms with Gasteiger partial charge in [-0.3, -0.25) is 14.5 Å². The SMILES string of the molecule is Cn1cc(N2Cc3cc(N(N)C(=O)CC4CCCCC4)cc4c3C(C=N2)C[NH+]4[O-])cn1. The monoisotopic (exact) mass is 423 g/mol.